The lowest BCUT2D eigenvalue weighted by molar-refractivity contribution is 0.472. The maximum atomic E-state index is 6.43. The van der Waals surface area contributed by atoms with E-state index >= 15 is 0 Å². The molecule has 1 aromatic carbocycles. The van der Waals surface area contributed by atoms with Gasteiger partial charge in [-0.2, -0.15) is 5.10 Å². The SMILES string of the molecule is Cc1nn(C)c(CC(C)(N)c2cccc(Cl)c2)c1Cl. The lowest BCUT2D eigenvalue weighted by atomic mass is 9.88. The highest BCUT2D eigenvalue weighted by Gasteiger charge is 2.25. The molecular formula is C14H17Cl2N3. The number of hydrogen-bond donors (Lipinski definition) is 1. The van der Waals surface area contributed by atoms with E-state index < -0.39 is 5.54 Å². The smallest absolute Gasteiger partial charge is 0.0847 e. The van der Waals surface area contributed by atoms with Crippen molar-refractivity contribution in [3.8, 4) is 0 Å². The van der Waals surface area contributed by atoms with Gasteiger partial charge in [0.2, 0.25) is 0 Å². The number of rotatable bonds is 3. The van der Waals surface area contributed by atoms with Gasteiger partial charge in [-0.05, 0) is 31.5 Å². The predicted octanol–water partition coefficient (Wildman–Crippen LogP) is 3.45. The normalized spacial score (nSPS) is 14.4. The number of hydrogen-bond acceptors (Lipinski definition) is 2. The first kappa shape index (κ1) is 14.4. The number of nitrogens with zero attached hydrogens (tertiary/aromatic N) is 2. The number of halogens is 2. The van der Waals surface area contributed by atoms with Crippen LogP contribution in [0.25, 0.3) is 0 Å². The van der Waals surface area contributed by atoms with E-state index in [4.69, 9.17) is 28.9 Å². The van der Waals surface area contributed by atoms with Crippen LogP contribution in [0.15, 0.2) is 24.3 Å². The van der Waals surface area contributed by atoms with Crippen LogP contribution in [0.2, 0.25) is 10.0 Å². The van der Waals surface area contributed by atoms with Crippen molar-refractivity contribution in [2.24, 2.45) is 12.8 Å². The zero-order chi connectivity index (χ0) is 14.2. The van der Waals surface area contributed by atoms with E-state index in [-0.39, 0.29) is 0 Å². The van der Waals surface area contributed by atoms with Crippen LogP contribution in [-0.2, 0) is 19.0 Å². The Hall–Kier alpha value is -1.03. The van der Waals surface area contributed by atoms with Crippen LogP contribution in [0.3, 0.4) is 0 Å². The van der Waals surface area contributed by atoms with Crippen LogP contribution in [0, 0.1) is 6.92 Å². The molecule has 0 radical (unpaired) electrons. The minimum Gasteiger partial charge on any atom is -0.321 e. The zero-order valence-corrected chi connectivity index (χ0v) is 12.8. The highest BCUT2D eigenvalue weighted by molar-refractivity contribution is 6.32. The minimum absolute atomic E-state index is 0.547. The van der Waals surface area contributed by atoms with Gasteiger partial charge in [0.1, 0.15) is 0 Å². The van der Waals surface area contributed by atoms with Gasteiger partial charge in [-0.3, -0.25) is 4.68 Å². The predicted molar refractivity (Wildman–Crippen MR) is 79.7 cm³/mol. The topological polar surface area (TPSA) is 43.8 Å². The summed E-state index contributed by atoms with van der Waals surface area (Å²) in [7, 11) is 1.88. The third kappa shape index (κ3) is 2.94. The van der Waals surface area contributed by atoms with Gasteiger partial charge >= 0.3 is 0 Å². The molecule has 0 aliphatic heterocycles. The summed E-state index contributed by atoms with van der Waals surface area (Å²) in [4.78, 5) is 0. The number of aryl methyl sites for hydroxylation is 2. The van der Waals surface area contributed by atoms with Gasteiger partial charge in [-0.25, -0.2) is 0 Å². The van der Waals surface area contributed by atoms with E-state index in [1.165, 1.54) is 0 Å². The lowest BCUT2D eigenvalue weighted by Gasteiger charge is -2.25. The van der Waals surface area contributed by atoms with Crippen LogP contribution in [0.5, 0.6) is 0 Å². The Morgan fingerprint density at radius 2 is 2.05 bits per heavy atom. The molecule has 1 atom stereocenters. The quantitative estimate of drug-likeness (QED) is 0.943. The lowest BCUT2D eigenvalue weighted by Crippen LogP contribution is -2.36. The van der Waals surface area contributed by atoms with Crippen molar-refractivity contribution in [1.29, 1.82) is 0 Å². The largest absolute Gasteiger partial charge is 0.321 e. The van der Waals surface area contributed by atoms with Gasteiger partial charge < -0.3 is 5.73 Å². The van der Waals surface area contributed by atoms with Crippen LogP contribution in [0.4, 0.5) is 0 Å². The third-order valence-corrected chi connectivity index (χ3v) is 4.01. The first-order chi connectivity index (χ1) is 8.81. The summed E-state index contributed by atoms with van der Waals surface area (Å²) in [6.45, 7) is 3.86. The average molecular weight is 298 g/mol. The molecule has 0 aliphatic carbocycles. The van der Waals surface area contributed by atoms with Crippen LogP contribution in [-0.4, -0.2) is 9.78 Å². The molecular weight excluding hydrogens is 281 g/mol. The van der Waals surface area contributed by atoms with E-state index in [0.29, 0.717) is 16.5 Å². The van der Waals surface area contributed by atoms with Gasteiger partial charge in [0.15, 0.2) is 0 Å². The molecule has 1 aromatic heterocycles. The van der Waals surface area contributed by atoms with Gasteiger partial charge in [-0.1, -0.05) is 35.3 Å². The standard InChI is InChI=1S/C14H17Cl2N3/c1-9-13(16)12(19(3)18-9)8-14(2,17)10-5-4-6-11(15)7-10/h4-7H,8,17H2,1-3H3. The summed E-state index contributed by atoms with van der Waals surface area (Å²) in [5.41, 5.74) is 8.62. The average Bonchev–Trinajstić information content (AvgIpc) is 2.56. The number of nitrogens with two attached hydrogens (primary N) is 1. The first-order valence-corrected chi connectivity index (χ1v) is 6.80. The molecule has 0 amide bonds. The summed E-state index contributed by atoms with van der Waals surface area (Å²) in [6, 6.07) is 7.60. The summed E-state index contributed by atoms with van der Waals surface area (Å²) in [6.07, 6.45) is 0.601. The van der Waals surface area contributed by atoms with E-state index in [0.717, 1.165) is 17.0 Å². The molecule has 5 heteroatoms. The van der Waals surface area contributed by atoms with Crippen LogP contribution in [0.1, 0.15) is 23.9 Å². The van der Waals surface area contributed by atoms with Crippen molar-refractivity contribution in [3.63, 3.8) is 0 Å². The molecule has 0 bridgehead atoms. The van der Waals surface area contributed by atoms with E-state index in [9.17, 15) is 0 Å². The molecule has 0 saturated heterocycles. The Kier molecular flexibility index (Phi) is 3.90. The van der Waals surface area contributed by atoms with Gasteiger partial charge in [0.05, 0.1) is 16.4 Å². The van der Waals surface area contributed by atoms with Crippen LogP contribution >= 0.6 is 23.2 Å². The maximum absolute atomic E-state index is 6.43. The third-order valence-electron chi connectivity index (χ3n) is 3.28. The molecule has 2 N–H and O–H groups in total. The maximum Gasteiger partial charge on any atom is 0.0847 e. The summed E-state index contributed by atoms with van der Waals surface area (Å²) in [5, 5.41) is 5.67. The van der Waals surface area contributed by atoms with Crippen molar-refractivity contribution in [2.45, 2.75) is 25.8 Å². The second-order valence-electron chi connectivity index (χ2n) is 5.07. The molecule has 1 unspecified atom stereocenters. The van der Waals surface area contributed by atoms with Crippen molar-refractivity contribution >= 4 is 23.2 Å². The Labute approximate surface area is 123 Å². The molecule has 0 aliphatic rings. The fourth-order valence-corrected chi connectivity index (χ4v) is 2.58. The van der Waals surface area contributed by atoms with Gasteiger partial charge in [0, 0.05) is 24.0 Å². The molecule has 1 heterocycles. The summed E-state index contributed by atoms with van der Waals surface area (Å²) in [5.74, 6) is 0. The first-order valence-electron chi connectivity index (χ1n) is 6.04. The second kappa shape index (κ2) is 5.16. The molecule has 0 spiro atoms. The van der Waals surface area contributed by atoms with E-state index in [1.807, 2.05) is 45.2 Å². The molecule has 2 rings (SSSR count). The molecule has 19 heavy (non-hydrogen) atoms. The van der Waals surface area contributed by atoms with Gasteiger partial charge in [-0.15, -0.1) is 0 Å². The molecule has 102 valence electrons. The van der Waals surface area contributed by atoms with E-state index in [1.54, 1.807) is 4.68 Å². The monoisotopic (exact) mass is 297 g/mol. The van der Waals surface area contributed by atoms with Crippen molar-refractivity contribution in [3.05, 3.63) is 51.3 Å². The molecule has 0 fully saturated rings. The molecule has 2 aromatic rings. The Morgan fingerprint density at radius 1 is 1.37 bits per heavy atom. The minimum atomic E-state index is -0.547. The summed E-state index contributed by atoms with van der Waals surface area (Å²) >= 11 is 12.3. The van der Waals surface area contributed by atoms with Crippen molar-refractivity contribution in [2.75, 3.05) is 0 Å². The fourth-order valence-electron chi connectivity index (χ4n) is 2.17. The fraction of sp³-hybridized carbons (Fsp3) is 0.357. The zero-order valence-electron chi connectivity index (χ0n) is 11.2. The second-order valence-corrected chi connectivity index (χ2v) is 5.89. The van der Waals surface area contributed by atoms with Crippen LogP contribution < -0.4 is 5.73 Å². The number of aromatic nitrogens is 2. The highest BCUT2D eigenvalue weighted by Crippen LogP contribution is 2.29. The van der Waals surface area contributed by atoms with Crippen molar-refractivity contribution < 1.29 is 0 Å². The highest BCUT2D eigenvalue weighted by atomic mass is 35.5. The Bertz CT molecular complexity index is 603. The Morgan fingerprint density at radius 3 is 2.58 bits per heavy atom. The summed E-state index contributed by atoms with van der Waals surface area (Å²) < 4.78 is 1.79. The van der Waals surface area contributed by atoms with Gasteiger partial charge in [0.25, 0.3) is 0 Å². The molecule has 0 saturated carbocycles. The van der Waals surface area contributed by atoms with E-state index in [2.05, 4.69) is 5.10 Å². The van der Waals surface area contributed by atoms with Crippen molar-refractivity contribution in [1.82, 2.24) is 9.78 Å². The number of benzene rings is 1. The molecule has 3 nitrogen and oxygen atoms in total. The Balaban J connectivity index is 2.36.